The number of benzene rings is 1. The van der Waals surface area contributed by atoms with Gasteiger partial charge in [-0.3, -0.25) is 4.79 Å². The number of rotatable bonds is 5. The summed E-state index contributed by atoms with van der Waals surface area (Å²) in [4.78, 5) is 23.1. The third-order valence-corrected chi connectivity index (χ3v) is 6.76. The number of carboxylic acid groups (broad SMARTS) is 1. The van der Waals surface area contributed by atoms with Gasteiger partial charge in [-0.15, -0.1) is 0 Å². The Bertz CT molecular complexity index is 913. The molecule has 1 aromatic carbocycles. The second kappa shape index (κ2) is 6.49. The van der Waals surface area contributed by atoms with Gasteiger partial charge in [0.1, 0.15) is 6.04 Å². The number of aliphatic carboxylic acids is 1. The predicted octanol–water partition coefficient (Wildman–Crippen LogP) is 0.983. The van der Waals surface area contributed by atoms with Gasteiger partial charge in [0, 0.05) is 18.9 Å². The fourth-order valence-corrected chi connectivity index (χ4v) is 5.12. The first-order valence-electron chi connectivity index (χ1n) is 7.32. The van der Waals surface area contributed by atoms with Gasteiger partial charge in [0.15, 0.2) is 9.84 Å². The van der Waals surface area contributed by atoms with Gasteiger partial charge in [-0.05, 0) is 30.7 Å². The van der Waals surface area contributed by atoms with Crippen molar-refractivity contribution in [3.8, 4) is 5.69 Å². The van der Waals surface area contributed by atoms with E-state index in [-0.39, 0.29) is 22.9 Å². The lowest BCUT2D eigenvalue weighted by molar-refractivity contribution is -0.144. The van der Waals surface area contributed by atoms with Crippen LogP contribution in [-0.2, 0) is 19.4 Å². The first kappa shape index (κ1) is 17.4. The molecule has 1 aliphatic rings. The van der Waals surface area contributed by atoms with Crippen LogP contribution in [0.3, 0.4) is 0 Å². The molecule has 2 aromatic rings. The maximum Gasteiger partial charge on any atom is 0.326 e. The van der Waals surface area contributed by atoms with Crippen LogP contribution in [0.2, 0.25) is 5.02 Å². The summed E-state index contributed by atoms with van der Waals surface area (Å²) >= 11 is 6.16. The summed E-state index contributed by atoms with van der Waals surface area (Å²) < 4.78 is 27.2. The van der Waals surface area contributed by atoms with Gasteiger partial charge >= 0.3 is 5.97 Å². The third-order valence-electron chi connectivity index (χ3n) is 4.15. The Hall–Kier alpha value is -2.39. The number of hydrogen-bond acceptors (Lipinski definition) is 5. The fourth-order valence-electron chi connectivity index (χ4n) is 2.87. The quantitative estimate of drug-likeness (QED) is 0.771. The van der Waals surface area contributed by atoms with Crippen LogP contribution in [0, 0.1) is 0 Å². The van der Waals surface area contributed by atoms with E-state index >= 15 is 0 Å². The standard InChI is InChI=1S/C15H14ClN3O5S/c16-12-6-10(19-5-1-4-17-19)2-3-14(12)25(23,24)11-7-13(15(21)22)18(8-11)9-20/h1-6,9,11,13H,7-8H2,(H,21,22)/t11-,13+/m1/s1. The van der Waals surface area contributed by atoms with Crippen LogP contribution in [-0.4, -0.2) is 58.4 Å². The minimum Gasteiger partial charge on any atom is -0.480 e. The highest BCUT2D eigenvalue weighted by Gasteiger charge is 2.43. The van der Waals surface area contributed by atoms with E-state index in [0.29, 0.717) is 12.1 Å². The van der Waals surface area contributed by atoms with Crippen LogP contribution in [0.15, 0.2) is 41.6 Å². The lowest BCUT2D eigenvalue weighted by atomic mass is 10.2. The lowest BCUT2D eigenvalue weighted by Crippen LogP contribution is -2.34. The number of carbonyl (C=O) groups is 2. The monoisotopic (exact) mass is 383 g/mol. The second-order valence-electron chi connectivity index (χ2n) is 5.62. The zero-order valence-electron chi connectivity index (χ0n) is 12.8. The molecule has 0 saturated carbocycles. The topological polar surface area (TPSA) is 110 Å². The van der Waals surface area contributed by atoms with E-state index in [1.165, 1.54) is 16.8 Å². The Morgan fingerprint density at radius 2 is 2.16 bits per heavy atom. The van der Waals surface area contributed by atoms with Crippen LogP contribution >= 0.6 is 11.6 Å². The maximum absolute atomic E-state index is 12.8. The molecule has 0 radical (unpaired) electrons. The lowest BCUT2D eigenvalue weighted by Gasteiger charge is -2.15. The van der Waals surface area contributed by atoms with Gasteiger partial charge in [-0.25, -0.2) is 17.9 Å². The minimum absolute atomic E-state index is 0.0180. The molecule has 25 heavy (non-hydrogen) atoms. The molecule has 1 N–H and O–H groups in total. The fraction of sp³-hybridized carbons (Fsp3) is 0.267. The van der Waals surface area contributed by atoms with Gasteiger partial charge in [-0.2, -0.15) is 5.10 Å². The SMILES string of the molecule is O=CN1C[C@H](S(=O)(=O)c2ccc(-n3cccn3)cc2Cl)C[C@H]1C(=O)O. The zero-order chi connectivity index (χ0) is 18.2. The number of aromatic nitrogens is 2. The summed E-state index contributed by atoms with van der Waals surface area (Å²) in [5, 5.41) is 12.2. The Kier molecular flexibility index (Phi) is 4.53. The van der Waals surface area contributed by atoms with E-state index in [2.05, 4.69) is 5.10 Å². The van der Waals surface area contributed by atoms with Crippen LogP contribution in [0.4, 0.5) is 0 Å². The number of carbonyl (C=O) groups excluding carboxylic acids is 1. The van der Waals surface area contributed by atoms with Crippen molar-refractivity contribution < 1.29 is 23.1 Å². The summed E-state index contributed by atoms with van der Waals surface area (Å²) in [5.41, 5.74) is 0.596. The summed E-state index contributed by atoms with van der Waals surface area (Å²) in [6.45, 7) is -0.181. The molecule has 10 heteroatoms. The molecule has 132 valence electrons. The number of nitrogens with zero attached hydrogens (tertiary/aromatic N) is 3. The van der Waals surface area contributed by atoms with Crippen molar-refractivity contribution in [2.24, 2.45) is 0 Å². The predicted molar refractivity (Wildman–Crippen MR) is 88.4 cm³/mol. The van der Waals surface area contributed by atoms with E-state index < -0.39 is 27.1 Å². The second-order valence-corrected chi connectivity index (χ2v) is 8.23. The van der Waals surface area contributed by atoms with E-state index in [4.69, 9.17) is 16.7 Å². The van der Waals surface area contributed by atoms with E-state index in [9.17, 15) is 18.0 Å². The molecule has 2 heterocycles. The van der Waals surface area contributed by atoms with Gasteiger partial charge in [-0.1, -0.05) is 11.6 Å². The van der Waals surface area contributed by atoms with Crippen molar-refractivity contribution in [1.82, 2.24) is 14.7 Å². The molecule has 3 rings (SSSR count). The molecule has 0 aliphatic carbocycles. The average molecular weight is 384 g/mol. The van der Waals surface area contributed by atoms with Crippen LogP contribution < -0.4 is 0 Å². The molecule has 0 spiro atoms. The molecular weight excluding hydrogens is 370 g/mol. The van der Waals surface area contributed by atoms with Gasteiger partial charge in [0.25, 0.3) is 0 Å². The van der Waals surface area contributed by atoms with E-state index in [0.717, 1.165) is 4.90 Å². The number of likely N-dealkylation sites (tertiary alicyclic amines) is 1. The Labute approximate surface area is 148 Å². The summed E-state index contributed by atoms with van der Waals surface area (Å²) in [6.07, 6.45) is 3.46. The van der Waals surface area contributed by atoms with Crippen LogP contribution in [0.25, 0.3) is 5.69 Å². The summed E-state index contributed by atoms with van der Waals surface area (Å²) in [7, 11) is -3.89. The van der Waals surface area contributed by atoms with Gasteiger partial charge in [0.05, 0.1) is 20.9 Å². The van der Waals surface area contributed by atoms with Gasteiger partial charge in [0.2, 0.25) is 6.41 Å². The van der Waals surface area contributed by atoms with E-state index in [1.807, 2.05) is 0 Å². The zero-order valence-corrected chi connectivity index (χ0v) is 14.4. The largest absolute Gasteiger partial charge is 0.480 e. The van der Waals surface area contributed by atoms with Crippen molar-refractivity contribution in [3.05, 3.63) is 41.7 Å². The molecule has 1 saturated heterocycles. The molecule has 1 aliphatic heterocycles. The van der Waals surface area contributed by atoms with Crippen molar-refractivity contribution in [3.63, 3.8) is 0 Å². The number of amides is 1. The van der Waals surface area contributed by atoms with Crippen molar-refractivity contribution in [2.75, 3.05) is 6.54 Å². The first-order chi connectivity index (χ1) is 11.8. The number of sulfone groups is 1. The number of hydrogen-bond donors (Lipinski definition) is 1. The molecule has 2 atom stereocenters. The Morgan fingerprint density at radius 1 is 1.40 bits per heavy atom. The smallest absolute Gasteiger partial charge is 0.326 e. The average Bonchev–Trinajstić information content (AvgIpc) is 3.24. The van der Waals surface area contributed by atoms with Crippen LogP contribution in [0.1, 0.15) is 6.42 Å². The van der Waals surface area contributed by atoms with Gasteiger partial charge < -0.3 is 10.0 Å². The minimum atomic E-state index is -3.89. The molecule has 1 aromatic heterocycles. The molecular formula is C15H14ClN3O5S. The normalized spacial score (nSPS) is 20.6. The third kappa shape index (κ3) is 3.12. The van der Waals surface area contributed by atoms with Crippen LogP contribution in [0.5, 0.6) is 0 Å². The molecule has 0 bridgehead atoms. The Balaban J connectivity index is 1.93. The summed E-state index contributed by atoms with van der Waals surface area (Å²) in [5.74, 6) is -1.23. The first-order valence-corrected chi connectivity index (χ1v) is 9.24. The maximum atomic E-state index is 12.8. The molecule has 1 amide bonds. The highest BCUT2D eigenvalue weighted by molar-refractivity contribution is 7.92. The molecule has 1 fully saturated rings. The number of halogens is 1. The van der Waals surface area contributed by atoms with Crippen molar-refractivity contribution >= 4 is 33.8 Å². The highest BCUT2D eigenvalue weighted by Crippen LogP contribution is 2.32. The molecule has 8 nitrogen and oxygen atoms in total. The molecule has 0 unspecified atom stereocenters. The number of carboxylic acids is 1. The Morgan fingerprint density at radius 3 is 2.68 bits per heavy atom. The van der Waals surface area contributed by atoms with Crippen molar-refractivity contribution in [2.45, 2.75) is 22.6 Å². The van der Waals surface area contributed by atoms with E-state index in [1.54, 1.807) is 24.5 Å². The highest BCUT2D eigenvalue weighted by atomic mass is 35.5. The summed E-state index contributed by atoms with van der Waals surface area (Å²) in [6, 6.07) is 4.97. The van der Waals surface area contributed by atoms with Crippen molar-refractivity contribution in [1.29, 1.82) is 0 Å².